The molecule has 6 aromatic rings. The summed E-state index contributed by atoms with van der Waals surface area (Å²) in [6.45, 7) is 2.48. The largest absolute Gasteiger partial charge is 0.489 e. The van der Waals surface area contributed by atoms with Crippen molar-refractivity contribution >= 4 is 5.97 Å². The topological polar surface area (TPSA) is 92.7 Å². The third kappa shape index (κ3) is 8.98. The van der Waals surface area contributed by atoms with E-state index in [1.165, 1.54) is 6.92 Å². The maximum absolute atomic E-state index is 12.6. The molecule has 0 aliphatic carbocycles. The molecule has 0 saturated heterocycles. The van der Waals surface area contributed by atoms with Gasteiger partial charge in [-0.1, -0.05) is 127 Å². The molecule has 53 heavy (non-hydrogen) atoms. The summed E-state index contributed by atoms with van der Waals surface area (Å²) >= 11 is 0. The molecule has 1 aliphatic heterocycles. The van der Waals surface area contributed by atoms with Crippen LogP contribution in [0.1, 0.15) is 52.5 Å². The number of aliphatic hydroxyl groups excluding tert-OH is 1. The molecular weight excluding hydrogens is 668 g/mol. The van der Waals surface area contributed by atoms with Crippen LogP contribution in [-0.2, 0) is 36.0 Å². The third-order valence-electron chi connectivity index (χ3n) is 8.79. The Morgan fingerprint density at radius 1 is 0.566 bits per heavy atom. The minimum absolute atomic E-state index is 0.230. The monoisotopic (exact) mass is 708 g/mol. The summed E-state index contributed by atoms with van der Waals surface area (Å²) in [5.74, 6) is 1.66. The lowest BCUT2D eigenvalue weighted by Crippen LogP contribution is -2.37. The molecule has 1 N–H and O–H groups in total. The maximum Gasteiger partial charge on any atom is 0.303 e. The molecule has 0 radical (unpaired) electrons. The van der Waals surface area contributed by atoms with Gasteiger partial charge in [-0.05, 0) is 39.9 Å². The van der Waals surface area contributed by atoms with Gasteiger partial charge in [-0.15, -0.1) is 0 Å². The van der Waals surface area contributed by atoms with E-state index in [-0.39, 0.29) is 6.61 Å². The number of carbonyl (C=O) groups excluding carboxylic acids is 1. The van der Waals surface area contributed by atoms with Crippen LogP contribution < -0.4 is 23.7 Å². The molecule has 1 heterocycles. The Kier molecular flexibility index (Phi) is 11.2. The van der Waals surface area contributed by atoms with Crippen LogP contribution >= 0.6 is 0 Å². The van der Waals surface area contributed by atoms with Gasteiger partial charge in [-0.3, -0.25) is 4.79 Å². The zero-order valence-electron chi connectivity index (χ0n) is 29.3. The van der Waals surface area contributed by atoms with Crippen molar-refractivity contribution in [2.45, 2.75) is 51.7 Å². The summed E-state index contributed by atoms with van der Waals surface area (Å²) in [6, 6.07) is 48.1. The van der Waals surface area contributed by atoms with E-state index in [1.54, 1.807) is 24.3 Å². The van der Waals surface area contributed by atoms with Crippen LogP contribution in [0.15, 0.2) is 152 Å². The van der Waals surface area contributed by atoms with Gasteiger partial charge in [0.2, 0.25) is 0 Å². The standard InChI is InChI=1S/C45H40O8/c1-31(46)52-45-42-40(51-30-35-20-12-5-13-21-35)25-37(48-27-32-14-6-2-7-15-32)26-41(42)53-44(43(45)47)36-22-23-38(49-28-33-16-8-3-9-17-33)39(24-36)50-29-34-18-10-4-11-19-34/h2-26,43-45,47H,27-30H2,1H3/t43-,44-,45-/m1/s1. The van der Waals surface area contributed by atoms with E-state index in [4.69, 9.17) is 28.4 Å². The fourth-order valence-electron chi connectivity index (χ4n) is 6.15. The van der Waals surface area contributed by atoms with Gasteiger partial charge in [-0.25, -0.2) is 0 Å². The van der Waals surface area contributed by atoms with E-state index < -0.39 is 24.3 Å². The van der Waals surface area contributed by atoms with Crippen LogP contribution in [-0.4, -0.2) is 17.2 Å². The molecule has 8 nitrogen and oxygen atoms in total. The molecule has 8 heteroatoms. The average Bonchev–Trinajstić information content (AvgIpc) is 3.20. The van der Waals surface area contributed by atoms with Crippen molar-refractivity contribution < 1.29 is 38.3 Å². The summed E-state index contributed by atoms with van der Waals surface area (Å²) in [7, 11) is 0. The van der Waals surface area contributed by atoms with Gasteiger partial charge < -0.3 is 33.5 Å². The minimum atomic E-state index is -1.31. The number of ether oxygens (including phenoxy) is 6. The lowest BCUT2D eigenvalue weighted by atomic mass is 9.91. The van der Waals surface area contributed by atoms with E-state index in [2.05, 4.69) is 0 Å². The van der Waals surface area contributed by atoms with Crippen LogP contribution in [0.25, 0.3) is 0 Å². The lowest BCUT2D eigenvalue weighted by molar-refractivity contribution is -0.160. The molecular formula is C45H40O8. The van der Waals surface area contributed by atoms with Gasteiger partial charge in [0.05, 0.1) is 5.56 Å². The first-order valence-corrected chi connectivity index (χ1v) is 17.5. The Hall–Kier alpha value is -6.25. The first-order chi connectivity index (χ1) is 26.0. The number of fused-ring (bicyclic) bond motifs is 1. The Balaban J connectivity index is 1.24. The maximum atomic E-state index is 12.6. The second-order valence-electron chi connectivity index (χ2n) is 12.7. The van der Waals surface area contributed by atoms with Gasteiger partial charge >= 0.3 is 5.97 Å². The molecule has 3 atom stereocenters. The molecule has 268 valence electrons. The van der Waals surface area contributed by atoms with E-state index in [1.807, 2.05) is 127 Å². The van der Waals surface area contributed by atoms with Crippen molar-refractivity contribution in [2.75, 3.05) is 0 Å². The molecule has 7 rings (SSSR count). The first-order valence-electron chi connectivity index (χ1n) is 17.5. The second-order valence-corrected chi connectivity index (χ2v) is 12.7. The van der Waals surface area contributed by atoms with Crippen LogP contribution in [0.3, 0.4) is 0 Å². The van der Waals surface area contributed by atoms with Gasteiger partial charge in [-0.2, -0.15) is 0 Å². The molecule has 0 spiro atoms. The number of aliphatic hydroxyl groups is 1. The Bertz CT molecular complexity index is 2090. The molecule has 0 aromatic heterocycles. The lowest BCUT2D eigenvalue weighted by Gasteiger charge is -2.37. The minimum Gasteiger partial charge on any atom is -0.489 e. The molecule has 6 aromatic carbocycles. The van der Waals surface area contributed by atoms with E-state index in [0.29, 0.717) is 59.7 Å². The van der Waals surface area contributed by atoms with E-state index in [0.717, 1.165) is 22.3 Å². The van der Waals surface area contributed by atoms with Crippen molar-refractivity contribution in [2.24, 2.45) is 0 Å². The zero-order chi connectivity index (χ0) is 36.4. The van der Waals surface area contributed by atoms with Gasteiger partial charge in [0.25, 0.3) is 0 Å². The van der Waals surface area contributed by atoms with Crippen LogP contribution in [0.2, 0.25) is 0 Å². The normalized spacial score (nSPS) is 16.1. The quantitative estimate of drug-likeness (QED) is 0.112. The van der Waals surface area contributed by atoms with Gasteiger partial charge in [0.15, 0.2) is 23.7 Å². The van der Waals surface area contributed by atoms with Gasteiger partial charge in [0.1, 0.15) is 49.8 Å². The molecule has 0 fully saturated rings. The third-order valence-corrected chi connectivity index (χ3v) is 8.79. The van der Waals surface area contributed by atoms with Crippen LogP contribution in [0, 0.1) is 0 Å². The zero-order valence-corrected chi connectivity index (χ0v) is 29.3. The highest BCUT2D eigenvalue weighted by atomic mass is 16.6. The van der Waals surface area contributed by atoms with E-state index in [9.17, 15) is 9.90 Å². The second kappa shape index (κ2) is 16.8. The number of hydrogen-bond donors (Lipinski definition) is 1. The summed E-state index contributed by atoms with van der Waals surface area (Å²) in [4.78, 5) is 12.6. The number of carbonyl (C=O) groups is 1. The fourth-order valence-corrected chi connectivity index (χ4v) is 6.15. The van der Waals surface area contributed by atoms with Gasteiger partial charge in [0, 0.05) is 19.1 Å². The number of esters is 1. The Morgan fingerprint density at radius 3 is 1.55 bits per heavy atom. The molecule has 0 saturated carbocycles. The van der Waals surface area contributed by atoms with Crippen molar-refractivity contribution in [3.63, 3.8) is 0 Å². The van der Waals surface area contributed by atoms with Crippen molar-refractivity contribution in [3.05, 3.63) is 185 Å². The van der Waals surface area contributed by atoms with E-state index >= 15 is 0 Å². The van der Waals surface area contributed by atoms with Crippen LogP contribution in [0.4, 0.5) is 0 Å². The summed E-state index contributed by atoms with van der Waals surface area (Å²) in [6.07, 6.45) is -3.38. The van der Waals surface area contributed by atoms with Crippen molar-refractivity contribution in [3.8, 4) is 28.7 Å². The molecule has 1 aliphatic rings. The Morgan fingerprint density at radius 2 is 1.04 bits per heavy atom. The smallest absolute Gasteiger partial charge is 0.303 e. The fraction of sp³-hybridized carbons (Fsp3) is 0.178. The van der Waals surface area contributed by atoms with Crippen molar-refractivity contribution in [1.82, 2.24) is 0 Å². The molecule has 0 bridgehead atoms. The predicted molar refractivity (Wildman–Crippen MR) is 200 cm³/mol. The number of benzene rings is 6. The predicted octanol–water partition coefficient (Wildman–Crippen LogP) is 9.10. The highest BCUT2D eigenvalue weighted by Gasteiger charge is 2.43. The van der Waals surface area contributed by atoms with Crippen LogP contribution in [0.5, 0.6) is 28.7 Å². The average molecular weight is 709 g/mol. The van der Waals surface area contributed by atoms with Crippen molar-refractivity contribution in [1.29, 1.82) is 0 Å². The molecule has 0 unspecified atom stereocenters. The summed E-state index contributed by atoms with van der Waals surface area (Å²) in [5.41, 5.74) is 4.92. The number of rotatable bonds is 14. The number of hydrogen-bond acceptors (Lipinski definition) is 8. The summed E-state index contributed by atoms with van der Waals surface area (Å²) in [5, 5.41) is 12.0. The SMILES string of the molecule is CC(=O)O[C@@H]1c2c(OCc3ccccc3)cc(OCc3ccccc3)cc2O[C@H](c2ccc(OCc3ccccc3)c(OCc3ccccc3)c2)[C@H]1O. The first kappa shape index (κ1) is 35.2. The Labute approximate surface area is 309 Å². The highest BCUT2D eigenvalue weighted by Crippen LogP contribution is 2.50. The summed E-state index contributed by atoms with van der Waals surface area (Å²) < 4.78 is 37.6. The molecule has 0 amide bonds. The highest BCUT2D eigenvalue weighted by molar-refractivity contribution is 5.67.